The SMILES string of the molecule is CCN(CC)C(=O)CCNCc1ccc(C#N)cc1F. The van der Waals surface area contributed by atoms with E-state index in [-0.39, 0.29) is 5.91 Å². The molecule has 1 aromatic carbocycles. The van der Waals surface area contributed by atoms with E-state index in [1.807, 2.05) is 19.9 Å². The maximum absolute atomic E-state index is 13.6. The van der Waals surface area contributed by atoms with Gasteiger partial charge in [0.1, 0.15) is 5.82 Å². The molecule has 1 amide bonds. The van der Waals surface area contributed by atoms with Crippen LogP contribution in [0.1, 0.15) is 31.4 Å². The molecule has 5 heteroatoms. The quantitative estimate of drug-likeness (QED) is 0.776. The summed E-state index contributed by atoms with van der Waals surface area (Å²) in [6.45, 7) is 6.17. The summed E-state index contributed by atoms with van der Waals surface area (Å²) in [6.07, 6.45) is 0.402. The third kappa shape index (κ3) is 4.63. The van der Waals surface area contributed by atoms with Crippen LogP contribution in [0.4, 0.5) is 4.39 Å². The maximum atomic E-state index is 13.6. The molecule has 0 fully saturated rings. The van der Waals surface area contributed by atoms with Crippen molar-refractivity contribution in [2.24, 2.45) is 0 Å². The van der Waals surface area contributed by atoms with Crippen LogP contribution in [-0.4, -0.2) is 30.4 Å². The molecule has 108 valence electrons. The van der Waals surface area contributed by atoms with Crippen molar-refractivity contribution in [1.82, 2.24) is 10.2 Å². The van der Waals surface area contributed by atoms with Gasteiger partial charge in [-0.05, 0) is 26.0 Å². The topological polar surface area (TPSA) is 56.1 Å². The molecule has 0 aromatic heterocycles. The Hall–Kier alpha value is -1.93. The number of hydrogen-bond acceptors (Lipinski definition) is 3. The summed E-state index contributed by atoms with van der Waals surface area (Å²) in [4.78, 5) is 13.5. The van der Waals surface area contributed by atoms with Crippen LogP contribution >= 0.6 is 0 Å². The highest BCUT2D eigenvalue weighted by atomic mass is 19.1. The van der Waals surface area contributed by atoms with Crippen LogP contribution in [0, 0.1) is 17.1 Å². The van der Waals surface area contributed by atoms with Crippen LogP contribution in [0.15, 0.2) is 18.2 Å². The fourth-order valence-corrected chi connectivity index (χ4v) is 1.91. The lowest BCUT2D eigenvalue weighted by atomic mass is 10.1. The zero-order valence-corrected chi connectivity index (χ0v) is 11.9. The first kappa shape index (κ1) is 16.1. The van der Waals surface area contributed by atoms with Gasteiger partial charge in [-0.3, -0.25) is 4.79 Å². The lowest BCUT2D eigenvalue weighted by Crippen LogP contribution is -2.32. The van der Waals surface area contributed by atoms with E-state index in [0.717, 1.165) is 0 Å². The Kier molecular flexibility index (Phi) is 6.68. The van der Waals surface area contributed by atoms with Gasteiger partial charge in [0.05, 0.1) is 11.6 Å². The van der Waals surface area contributed by atoms with E-state index in [1.165, 1.54) is 6.07 Å². The van der Waals surface area contributed by atoms with Crippen molar-refractivity contribution in [3.05, 3.63) is 35.1 Å². The fourth-order valence-electron chi connectivity index (χ4n) is 1.91. The van der Waals surface area contributed by atoms with Gasteiger partial charge in [0.25, 0.3) is 0 Å². The highest BCUT2D eigenvalue weighted by Gasteiger charge is 2.09. The van der Waals surface area contributed by atoms with Crippen LogP contribution in [0.5, 0.6) is 0 Å². The molecule has 0 aliphatic heterocycles. The zero-order chi connectivity index (χ0) is 15.0. The summed E-state index contributed by atoms with van der Waals surface area (Å²) >= 11 is 0. The van der Waals surface area contributed by atoms with Gasteiger partial charge < -0.3 is 10.2 Å². The molecular weight excluding hydrogens is 257 g/mol. The maximum Gasteiger partial charge on any atom is 0.223 e. The monoisotopic (exact) mass is 277 g/mol. The molecular formula is C15H20FN3O. The first-order valence-electron chi connectivity index (χ1n) is 6.79. The standard InChI is InChI=1S/C15H20FN3O/c1-3-19(4-2)15(20)7-8-18-11-13-6-5-12(10-17)9-14(13)16/h5-6,9,18H,3-4,7-8,11H2,1-2H3. The van der Waals surface area contributed by atoms with Crippen LogP contribution in [0.2, 0.25) is 0 Å². The second-order valence-electron chi connectivity index (χ2n) is 4.41. The van der Waals surface area contributed by atoms with E-state index in [9.17, 15) is 9.18 Å². The van der Waals surface area contributed by atoms with Crippen LogP contribution in [-0.2, 0) is 11.3 Å². The van der Waals surface area contributed by atoms with E-state index < -0.39 is 5.82 Å². The minimum atomic E-state index is -0.397. The van der Waals surface area contributed by atoms with Crippen molar-refractivity contribution >= 4 is 5.91 Å². The third-order valence-electron chi connectivity index (χ3n) is 3.13. The number of amides is 1. The number of hydrogen-bond donors (Lipinski definition) is 1. The Morgan fingerprint density at radius 2 is 2.10 bits per heavy atom. The second kappa shape index (κ2) is 8.28. The van der Waals surface area contributed by atoms with Gasteiger partial charge in [-0.15, -0.1) is 0 Å². The van der Waals surface area contributed by atoms with Gasteiger partial charge in [0, 0.05) is 38.2 Å². The zero-order valence-electron chi connectivity index (χ0n) is 11.9. The van der Waals surface area contributed by atoms with Crippen molar-refractivity contribution in [3.8, 4) is 6.07 Å². The van der Waals surface area contributed by atoms with Gasteiger partial charge in [0.15, 0.2) is 0 Å². The Bertz CT molecular complexity index is 492. The molecule has 0 aliphatic carbocycles. The lowest BCUT2D eigenvalue weighted by molar-refractivity contribution is -0.130. The number of benzene rings is 1. The molecule has 1 aromatic rings. The molecule has 0 saturated carbocycles. The van der Waals surface area contributed by atoms with Crippen molar-refractivity contribution < 1.29 is 9.18 Å². The van der Waals surface area contributed by atoms with Crippen LogP contribution in [0.3, 0.4) is 0 Å². The molecule has 4 nitrogen and oxygen atoms in total. The van der Waals surface area contributed by atoms with Crippen molar-refractivity contribution in [1.29, 1.82) is 5.26 Å². The molecule has 1 N–H and O–H groups in total. The summed E-state index contributed by atoms with van der Waals surface area (Å²) in [5.41, 5.74) is 0.808. The lowest BCUT2D eigenvalue weighted by Gasteiger charge is -2.18. The Labute approximate surface area is 119 Å². The van der Waals surface area contributed by atoms with E-state index in [1.54, 1.807) is 17.0 Å². The van der Waals surface area contributed by atoms with E-state index in [4.69, 9.17) is 5.26 Å². The largest absolute Gasteiger partial charge is 0.343 e. The molecule has 20 heavy (non-hydrogen) atoms. The minimum absolute atomic E-state index is 0.0998. The highest BCUT2D eigenvalue weighted by Crippen LogP contribution is 2.09. The Morgan fingerprint density at radius 1 is 1.40 bits per heavy atom. The molecule has 0 bridgehead atoms. The number of nitrogens with zero attached hydrogens (tertiary/aromatic N) is 2. The van der Waals surface area contributed by atoms with E-state index in [2.05, 4.69) is 5.32 Å². The number of carbonyl (C=O) groups excluding carboxylic acids is 1. The number of carbonyl (C=O) groups is 1. The summed E-state index contributed by atoms with van der Waals surface area (Å²) in [5.74, 6) is -0.297. The van der Waals surface area contributed by atoms with Gasteiger partial charge >= 0.3 is 0 Å². The van der Waals surface area contributed by atoms with E-state index in [0.29, 0.717) is 43.7 Å². The predicted octanol–water partition coefficient (Wildman–Crippen LogP) is 2.05. The third-order valence-corrected chi connectivity index (χ3v) is 3.13. The molecule has 0 saturated heterocycles. The number of nitriles is 1. The smallest absolute Gasteiger partial charge is 0.223 e. The summed E-state index contributed by atoms with van der Waals surface area (Å²) < 4.78 is 13.6. The second-order valence-corrected chi connectivity index (χ2v) is 4.41. The predicted molar refractivity (Wildman–Crippen MR) is 75.4 cm³/mol. The summed E-state index contributed by atoms with van der Waals surface area (Å²) in [7, 11) is 0. The normalized spacial score (nSPS) is 10.1. The molecule has 0 radical (unpaired) electrons. The first-order valence-corrected chi connectivity index (χ1v) is 6.79. The van der Waals surface area contributed by atoms with Crippen LogP contribution < -0.4 is 5.32 Å². The summed E-state index contributed by atoms with van der Waals surface area (Å²) in [5, 5.41) is 11.7. The molecule has 0 spiro atoms. The van der Waals surface area contributed by atoms with Gasteiger partial charge in [-0.1, -0.05) is 6.07 Å². The minimum Gasteiger partial charge on any atom is -0.343 e. The fraction of sp³-hybridized carbons (Fsp3) is 0.467. The van der Waals surface area contributed by atoms with Crippen molar-refractivity contribution in [2.45, 2.75) is 26.8 Å². The van der Waals surface area contributed by atoms with Crippen molar-refractivity contribution in [2.75, 3.05) is 19.6 Å². The molecule has 1 rings (SSSR count). The Morgan fingerprint density at radius 3 is 2.65 bits per heavy atom. The van der Waals surface area contributed by atoms with Gasteiger partial charge in [0.2, 0.25) is 5.91 Å². The van der Waals surface area contributed by atoms with Crippen LogP contribution in [0.25, 0.3) is 0 Å². The molecule has 0 atom stereocenters. The number of rotatable bonds is 7. The van der Waals surface area contributed by atoms with Crippen molar-refractivity contribution in [3.63, 3.8) is 0 Å². The average molecular weight is 277 g/mol. The number of halogens is 1. The number of nitrogens with one attached hydrogen (secondary N) is 1. The summed E-state index contributed by atoms with van der Waals surface area (Å²) in [6, 6.07) is 6.29. The molecule has 0 heterocycles. The van der Waals surface area contributed by atoms with Gasteiger partial charge in [-0.25, -0.2) is 4.39 Å². The van der Waals surface area contributed by atoms with E-state index >= 15 is 0 Å². The first-order chi connectivity index (χ1) is 9.62. The average Bonchev–Trinajstić information content (AvgIpc) is 2.46. The Balaban J connectivity index is 2.38. The molecule has 0 aliphatic rings. The van der Waals surface area contributed by atoms with Gasteiger partial charge in [-0.2, -0.15) is 5.26 Å². The highest BCUT2D eigenvalue weighted by molar-refractivity contribution is 5.76. The molecule has 0 unspecified atom stereocenters.